The van der Waals surface area contributed by atoms with Gasteiger partial charge in [-0.2, -0.15) is 0 Å². The molecular weight excluding hydrogens is 1270 g/mol. The number of aryl methyl sites for hydroxylation is 1. The average Bonchev–Trinajstić information content (AvgIpc) is 1.69. The number of imide groups is 1. The second kappa shape index (κ2) is 34.2. The average molecular weight is 1350 g/mol. The van der Waals surface area contributed by atoms with Gasteiger partial charge in [-0.25, -0.2) is 24.2 Å². The van der Waals surface area contributed by atoms with Gasteiger partial charge in [0, 0.05) is 99.3 Å². The molecule has 0 bridgehead atoms. The second-order valence-electron chi connectivity index (χ2n) is 22.8. The fourth-order valence-electron chi connectivity index (χ4n) is 10.3. The van der Waals surface area contributed by atoms with Crippen molar-refractivity contribution in [2.45, 2.75) is 58.2 Å². The van der Waals surface area contributed by atoms with Crippen LogP contribution in [-0.2, 0) is 49.5 Å². The number of aromatic hydroxyl groups is 1. The van der Waals surface area contributed by atoms with Gasteiger partial charge in [-0.15, -0.1) is 11.6 Å². The summed E-state index contributed by atoms with van der Waals surface area (Å²) >= 11 is 6.61. The van der Waals surface area contributed by atoms with Crippen LogP contribution >= 0.6 is 11.6 Å². The van der Waals surface area contributed by atoms with E-state index < -0.39 is 65.9 Å². The van der Waals surface area contributed by atoms with E-state index >= 15 is 0 Å². The van der Waals surface area contributed by atoms with Gasteiger partial charge in [-0.1, -0.05) is 44.2 Å². The molecule has 0 spiro atoms. The van der Waals surface area contributed by atoms with E-state index in [2.05, 4.69) is 31.6 Å². The topological polar surface area (TPSA) is 363 Å². The molecule has 0 saturated carbocycles. The fourth-order valence-corrected chi connectivity index (χ4v) is 10.6. The number of phenols is 1. The van der Waals surface area contributed by atoms with Crippen LogP contribution in [0.1, 0.15) is 70.1 Å². The van der Waals surface area contributed by atoms with Crippen molar-refractivity contribution >= 4 is 105 Å². The number of fused-ring (bicyclic) bond motifs is 4. The predicted octanol–water partition coefficient (Wildman–Crippen LogP) is 6.03. The number of benzene rings is 4. The number of nitrogens with zero attached hydrogens (tertiary/aromatic N) is 6. The number of aromatic nitrogens is 2. The molecule has 11 amide bonds. The van der Waals surface area contributed by atoms with E-state index in [-0.39, 0.29) is 139 Å². The maximum Gasteiger partial charge on any atom is 0.415 e. The maximum absolute atomic E-state index is 14.5. The number of alkyl halides is 1. The van der Waals surface area contributed by atoms with Crippen molar-refractivity contribution in [3.05, 3.63) is 137 Å². The minimum Gasteiger partial charge on any atom is -0.508 e. The number of halogens is 1. The highest BCUT2D eigenvalue weighted by Gasteiger charge is 2.37. The Kier molecular flexibility index (Phi) is 25.4. The molecule has 2 aliphatic heterocycles. The Bertz CT molecular complexity index is 3830. The molecule has 0 aliphatic carbocycles. The number of hydrogen-bond acceptors (Lipinski definition) is 18. The molecule has 510 valence electrons. The lowest BCUT2D eigenvalue weighted by molar-refractivity contribution is -0.137. The standard InChI is InChI=1S/C66H77ClN12O17/c1-40(2)58(74-64(88)94-33-32-93-31-30-92-29-28-91-27-26-78-54(81)21-22-55(78)82)61(85)73-49(10-7-23-69-63(68)87)60(84)70-45-15-11-42(12-16-45)39-95-65(89)75(4)24-25-76(5)66(90)96-52-34-51-57(56-41(3)8-6-9-48(52)56)44(35-67)36-79(51)62(86)50-38-77-37-46(17-20-53(77)72-50)71-59(83)43-13-18-47(80)19-14-43/h6,8-9,11-22,34,37-38,40,44,49,58,80H,7,10,23-33,35-36,39H2,1-5H3,(H,70,84)(H,71,83)(H,73,85)(H,74,88)(H3,68,69,87)/t44?,49-,58-/m0/s1. The Labute approximate surface area is 557 Å². The highest BCUT2D eigenvalue weighted by atomic mass is 35.5. The van der Waals surface area contributed by atoms with Gasteiger partial charge in [0.2, 0.25) is 11.8 Å². The van der Waals surface area contributed by atoms with Crippen LogP contribution in [0.2, 0.25) is 0 Å². The van der Waals surface area contributed by atoms with Crippen molar-refractivity contribution in [2.75, 3.05) is 114 Å². The van der Waals surface area contributed by atoms with E-state index in [0.29, 0.717) is 39.2 Å². The van der Waals surface area contributed by atoms with Gasteiger partial charge in [0.15, 0.2) is 0 Å². The molecule has 2 aliphatic rings. The van der Waals surface area contributed by atoms with Gasteiger partial charge in [0.25, 0.3) is 23.6 Å². The zero-order valence-electron chi connectivity index (χ0n) is 53.6. The number of ether oxygens (including phenoxy) is 6. The number of hydrogen-bond donors (Lipinski definition) is 7. The molecule has 4 heterocycles. The van der Waals surface area contributed by atoms with E-state index in [4.69, 9.17) is 45.8 Å². The zero-order valence-corrected chi connectivity index (χ0v) is 54.4. The quantitative estimate of drug-likeness (QED) is 0.0144. The molecule has 8 N–H and O–H groups in total. The number of imidazole rings is 1. The van der Waals surface area contributed by atoms with Crippen LogP contribution in [0.5, 0.6) is 11.5 Å². The summed E-state index contributed by atoms with van der Waals surface area (Å²) in [5.74, 6) is -3.19. The summed E-state index contributed by atoms with van der Waals surface area (Å²) in [5.41, 5.74) is 9.66. The molecule has 29 nitrogen and oxygen atoms in total. The van der Waals surface area contributed by atoms with Crippen molar-refractivity contribution in [2.24, 2.45) is 11.7 Å². The van der Waals surface area contributed by atoms with Gasteiger partial charge >= 0.3 is 24.3 Å². The Morgan fingerprint density at radius 1 is 0.760 bits per heavy atom. The first-order valence-electron chi connectivity index (χ1n) is 30.9. The minimum absolute atomic E-state index is 0.0280. The number of likely N-dealkylation sites (N-methyl/N-ethyl adjacent to an activating group) is 2. The lowest BCUT2D eigenvalue weighted by Crippen LogP contribution is -2.54. The number of nitrogens with one attached hydrogen (secondary N) is 5. The lowest BCUT2D eigenvalue weighted by atomic mass is 9.92. The molecule has 0 saturated heterocycles. The number of anilines is 3. The van der Waals surface area contributed by atoms with Crippen LogP contribution in [-0.4, -0.2) is 200 Å². The van der Waals surface area contributed by atoms with Gasteiger partial charge in [-0.05, 0) is 96.3 Å². The summed E-state index contributed by atoms with van der Waals surface area (Å²) in [4.78, 5) is 139. The first kappa shape index (κ1) is 71.5. The van der Waals surface area contributed by atoms with Gasteiger partial charge in [-0.3, -0.25) is 33.7 Å². The van der Waals surface area contributed by atoms with E-state index in [1.54, 1.807) is 78.0 Å². The Balaban J connectivity index is 0.786. The van der Waals surface area contributed by atoms with E-state index in [1.165, 1.54) is 60.3 Å². The molecule has 30 heteroatoms. The Morgan fingerprint density at radius 3 is 2.08 bits per heavy atom. The number of primary amides is 1. The SMILES string of the molecule is Cc1cccc2c(OC(=O)N(C)CCN(C)C(=O)OCc3ccc(NC(=O)[C@H](CCCNC(N)=O)NC(=O)[C@@H](NC(=O)OCCOCCOCCOCCN4C(=O)C=CC4=O)C(C)C)cc3)cc3c(c12)C(CCl)CN3C(=O)c1cn2cc(NC(=O)c3ccc(O)cc3)ccc2n1. The fraction of sp³-hybridized carbons (Fsp3) is 0.379. The van der Waals surface area contributed by atoms with Crippen LogP contribution in [0.25, 0.3) is 16.4 Å². The number of rotatable bonds is 32. The third-order valence-corrected chi connectivity index (χ3v) is 15.9. The van der Waals surface area contributed by atoms with Crippen molar-refractivity contribution in [3.8, 4) is 11.5 Å². The van der Waals surface area contributed by atoms with Crippen molar-refractivity contribution in [1.82, 2.24) is 40.0 Å². The van der Waals surface area contributed by atoms with Crippen molar-refractivity contribution < 1.29 is 81.5 Å². The molecule has 0 radical (unpaired) electrons. The molecule has 3 atom stereocenters. The van der Waals surface area contributed by atoms with Gasteiger partial charge < -0.3 is 84.9 Å². The smallest absolute Gasteiger partial charge is 0.415 e. The molecule has 6 aromatic rings. The first-order chi connectivity index (χ1) is 46.1. The summed E-state index contributed by atoms with van der Waals surface area (Å²) in [6.45, 7) is 6.65. The largest absolute Gasteiger partial charge is 0.508 e. The number of phenolic OH excluding ortho intramolecular Hbond substituents is 1. The number of urea groups is 1. The molecule has 2 aromatic heterocycles. The molecule has 4 aromatic carbocycles. The summed E-state index contributed by atoms with van der Waals surface area (Å²) < 4.78 is 34.8. The first-order valence-corrected chi connectivity index (χ1v) is 31.4. The number of nitrogens with two attached hydrogens (primary N) is 1. The lowest BCUT2D eigenvalue weighted by Gasteiger charge is -2.25. The van der Waals surface area contributed by atoms with Crippen LogP contribution in [0.4, 0.5) is 36.2 Å². The summed E-state index contributed by atoms with van der Waals surface area (Å²) in [6.07, 6.45) is 3.58. The molecule has 0 fully saturated rings. The zero-order chi connectivity index (χ0) is 69.0. The number of pyridine rings is 1. The highest BCUT2D eigenvalue weighted by Crippen LogP contribution is 2.47. The number of amides is 11. The van der Waals surface area contributed by atoms with Crippen LogP contribution in [0.15, 0.2) is 109 Å². The Morgan fingerprint density at radius 2 is 1.42 bits per heavy atom. The second-order valence-corrected chi connectivity index (χ2v) is 23.1. The van der Waals surface area contributed by atoms with E-state index in [9.17, 15) is 53.1 Å². The van der Waals surface area contributed by atoms with E-state index in [0.717, 1.165) is 21.4 Å². The molecule has 1 unspecified atom stereocenters. The van der Waals surface area contributed by atoms with Gasteiger partial charge in [0.05, 0.1) is 57.6 Å². The molecule has 96 heavy (non-hydrogen) atoms. The van der Waals surface area contributed by atoms with Crippen LogP contribution in [0, 0.1) is 12.8 Å². The van der Waals surface area contributed by atoms with Crippen molar-refractivity contribution in [1.29, 1.82) is 0 Å². The van der Waals surface area contributed by atoms with Gasteiger partial charge in [0.1, 0.15) is 48.1 Å². The molecular formula is C66H77ClN12O17. The summed E-state index contributed by atoms with van der Waals surface area (Å²) in [6, 6.07) is 19.8. The van der Waals surface area contributed by atoms with Crippen LogP contribution in [0.3, 0.4) is 0 Å². The number of carbonyl (C=O) groups is 10. The minimum atomic E-state index is -1.14. The van der Waals surface area contributed by atoms with Crippen LogP contribution < -0.4 is 42.0 Å². The summed E-state index contributed by atoms with van der Waals surface area (Å²) in [5, 5.41) is 24.3. The summed E-state index contributed by atoms with van der Waals surface area (Å²) in [7, 11) is 3.02. The maximum atomic E-state index is 14.5. The monoisotopic (exact) mass is 1340 g/mol. The number of carbonyl (C=O) groups excluding carboxylic acids is 10. The molecule has 8 rings (SSSR count). The highest BCUT2D eigenvalue weighted by molar-refractivity contribution is 6.19. The normalized spacial score (nSPS) is 13.9. The predicted molar refractivity (Wildman–Crippen MR) is 352 cm³/mol. The Hall–Kier alpha value is -10.4. The third-order valence-electron chi connectivity index (χ3n) is 15.5. The van der Waals surface area contributed by atoms with Crippen molar-refractivity contribution in [3.63, 3.8) is 0 Å². The number of alkyl carbamates (subject to hydrolysis) is 1. The third kappa shape index (κ3) is 19.4. The van der Waals surface area contributed by atoms with E-state index in [1.807, 2.05) is 25.1 Å².